The predicted octanol–water partition coefficient (Wildman–Crippen LogP) is 0.511. The van der Waals surface area contributed by atoms with E-state index in [-0.39, 0.29) is 40.9 Å². The summed E-state index contributed by atoms with van der Waals surface area (Å²) >= 11 is 0. The van der Waals surface area contributed by atoms with Crippen molar-refractivity contribution in [3.05, 3.63) is 23.8 Å². The minimum absolute atomic E-state index is 0.0252. The third-order valence-corrected chi connectivity index (χ3v) is 8.31. The van der Waals surface area contributed by atoms with Gasteiger partial charge in [0.2, 0.25) is 15.9 Å². The van der Waals surface area contributed by atoms with Crippen LogP contribution in [0.15, 0.2) is 23.1 Å². The molecule has 2 heterocycles. The molecule has 1 fully saturated rings. The molecule has 0 bridgehead atoms. The zero-order chi connectivity index (χ0) is 20.7. The molecule has 8 nitrogen and oxygen atoms in total. The zero-order valence-corrected chi connectivity index (χ0v) is 17.8. The summed E-state index contributed by atoms with van der Waals surface area (Å²) < 4.78 is 46.9. The Morgan fingerprint density at radius 2 is 2.11 bits per heavy atom. The second kappa shape index (κ2) is 7.64. The van der Waals surface area contributed by atoms with E-state index in [4.69, 9.17) is 5.14 Å². The van der Waals surface area contributed by atoms with Gasteiger partial charge >= 0.3 is 0 Å². The predicted molar refractivity (Wildman–Crippen MR) is 107 cm³/mol. The van der Waals surface area contributed by atoms with Crippen LogP contribution in [0, 0.1) is 0 Å². The molecule has 1 saturated heterocycles. The normalized spacial score (nSPS) is 22.1. The highest BCUT2D eigenvalue weighted by Crippen LogP contribution is 2.30. The molecule has 0 saturated carbocycles. The van der Waals surface area contributed by atoms with Crippen LogP contribution in [0.2, 0.25) is 0 Å². The van der Waals surface area contributed by atoms with E-state index < -0.39 is 19.9 Å². The molecule has 0 aliphatic carbocycles. The number of amides is 1. The van der Waals surface area contributed by atoms with Crippen LogP contribution in [0.3, 0.4) is 0 Å². The molecule has 2 atom stereocenters. The number of hydrogen-bond acceptors (Lipinski definition) is 6. The van der Waals surface area contributed by atoms with E-state index in [0.29, 0.717) is 19.4 Å². The van der Waals surface area contributed by atoms with Gasteiger partial charge in [0, 0.05) is 24.3 Å². The summed E-state index contributed by atoms with van der Waals surface area (Å²) in [5, 5.41) is 5.20. The lowest BCUT2D eigenvalue weighted by Crippen LogP contribution is -2.50. The number of benzene rings is 1. The largest absolute Gasteiger partial charge is 0.362 e. The molecular formula is C18H27N3O5S2. The first-order valence-electron chi connectivity index (χ1n) is 9.44. The number of sulfonamides is 1. The van der Waals surface area contributed by atoms with Crippen molar-refractivity contribution in [3.8, 4) is 0 Å². The number of sulfone groups is 1. The van der Waals surface area contributed by atoms with Crippen LogP contribution >= 0.6 is 0 Å². The van der Waals surface area contributed by atoms with Gasteiger partial charge in [-0.2, -0.15) is 0 Å². The van der Waals surface area contributed by atoms with Gasteiger partial charge < -0.3 is 9.80 Å². The van der Waals surface area contributed by atoms with E-state index >= 15 is 0 Å². The third-order valence-electron chi connectivity index (χ3n) is 5.65. The van der Waals surface area contributed by atoms with Gasteiger partial charge in [0.15, 0.2) is 9.84 Å². The lowest BCUT2D eigenvalue weighted by atomic mass is 10.1. The number of carbonyl (C=O) groups is 1. The average Bonchev–Trinajstić information content (AvgIpc) is 3.17. The lowest BCUT2D eigenvalue weighted by molar-refractivity contribution is -0.133. The van der Waals surface area contributed by atoms with Crippen molar-refractivity contribution < 1.29 is 21.6 Å². The van der Waals surface area contributed by atoms with Crippen molar-refractivity contribution in [3.63, 3.8) is 0 Å². The SMILES string of the molecule is CCC(C)N(C(=O)CN1CCc2cc(S(N)(=O)=O)ccc21)C1CCS(=O)(=O)C1. The highest BCUT2D eigenvalue weighted by Gasteiger charge is 2.37. The molecule has 0 radical (unpaired) electrons. The van der Waals surface area contributed by atoms with Crippen molar-refractivity contribution in [1.82, 2.24) is 4.90 Å². The maximum Gasteiger partial charge on any atom is 0.242 e. The highest BCUT2D eigenvalue weighted by molar-refractivity contribution is 7.91. The van der Waals surface area contributed by atoms with E-state index in [1.807, 2.05) is 18.7 Å². The van der Waals surface area contributed by atoms with Gasteiger partial charge in [0.05, 0.1) is 22.9 Å². The van der Waals surface area contributed by atoms with Crippen LogP contribution in [-0.2, 0) is 31.1 Å². The van der Waals surface area contributed by atoms with Crippen molar-refractivity contribution in [2.75, 3.05) is 29.5 Å². The fourth-order valence-corrected chi connectivity index (χ4v) is 6.31. The molecule has 10 heteroatoms. The van der Waals surface area contributed by atoms with E-state index in [9.17, 15) is 21.6 Å². The Kier molecular flexibility index (Phi) is 5.75. The quantitative estimate of drug-likeness (QED) is 0.704. The van der Waals surface area contributed by atoms with E-state index in [0.717, 1.165) is 17.7 Å². The second-order valence-corrected chi connectivity index (χ2v) is 11.4. The van der Waals surface area contributed by atoms with Crippen molar-refractivity contribution in [1.29, 1.82) is 0 Å². The maximum atomic E-state index is 13.1. The van der Waals surface area contributed by atoms with E-state index in [1.54, 1.807) is 17.0 Å². The summed E-state index contributed by atoms with van der Waals surface area (Å²) in [7, 11) is -6.85. The molecule has 3 rings (SSSR count). The summed E-state index contributed by atoms with van der Waals surface area (Å²) in [4.78, 5) is 16.8. The minimum atomic E-state index is -3.77. The summed E-state index contributed by atoms with van der Waals surface area (Å²) in [6, 6.07) is 4.37. The summed E-state index contributed by atoms with van der Waals surface area (Å²) in [6.45, 7) is 4.67. The maximum absolute atomic E-state index is 13.1. The minimum Gasteiger partial charge on any atom is -0.362 e. The number of hydrogen-bond donors (Lipinski definition) is 1. The van der Waals surface area contributed by atoms with Crippen LogP contribution < -0.4 is 10.0 Å². The molecule has 2 aliphatic rings. The first kappa shape index (κ1) is 21.1. The molecule has 2 N–H and O–H groups in total. The number of anilines is 1. The smallest absolute Gasteiger partial charge is 0.242 e. The molecule has 28 heavy (non-hydrogen) atoms. The molecule has 1 aromatic rings. The van der Waals surface area contributed by atoms with Gasteiger partial charge in [0.25, 0.3) is 0 Å². The Balaban J connectivity index is 1.79. The summed E-state index contributed by atoms with van der Waals surface area (Å²) in [5.41, 5.74) is 1.67. The Morgan fingerprint density at radius 1 is 1.39 bits per heavy atom. The summed E-state index contributed by atoms with van der Waals surface area (Å²) in [6.07, 6.45) is 1.86. The number of fused-ring (bicyclic) bond motifs is 1. The third kappa shape index (κ3) is 4.33. The molecule has 1 aromatic carbocycles. The number of primary sulfonamides is 1. The van der Waals surface area contributed by atoms with Crippen LogP contribution in [0.1, 0.15) is 32.3 Å². The van der Waals surface area contributed by atoms with E-state index in [1.165, 1.54) is 6.07 Å². The lowest BCUT2D eigenvalue weighted by Gasteiger charge is -2.35. The topological polar surface area (TPSA) is 118 Å². The van der Waals surface area contributed by atoms with Gasteiger partial charge in [-0.3, -0.25) is 4.79 Å². The molecule has 0 aromatic heterocycles. The summed E-state index contributed by atoms with van der Waals surface area (Å²) in [5.74, 6) is 0.0536. The first-order valence-corrected chi connectivity index (χ1v) is 12.8. The standard InChI is InChI=1S/C18H27N3O5S2/c1-3-13(2)21(15-7-9-27(23,24)12-15)18(22)11-20-8-6-14-10-16(28(19,25)26)4-5-17(14)20/h4-5,10,13,15H,3,6-9,11-12H2,1-2H3,(H2,19,25,26). The molecular weight excluding hydrogens is 402 g/mol. The molecule has 2 unspecified atom stereocenters. The van der Waals surface area contributed by atoms with Gasteiger partial charge in [-0.1, -0.05) is 6.92 Å². The molecule has 156 valence electrons. The van der Waals surface area contributed by atoms with Crippen LogP contribution in [0.4, 0.5) is 5.69 Å². The zero-order valence-electron chi connectivity index (χ0n) is 16.2. The average molecular weight is 430 g/mol. The number of nitrogens with two attached hydrogens (primary N) is 1. The van der Waals surface area contributed by atoms with Gasteiger partial charge in [0.1, 0.15) is 0 Å². The number of nitrogens with zero attached hydrogens (tertiary/aromatic N) is 2. The Labute approximate surface area is 166 Å². The van der Waals surface area contributed by atoms with Gasteiger partial charge in [-0.25, -0.2) is 22.0 Å². The van der Waals surface area contributed by atoms with Crippen molar-refractivity contribution >= 4 is 31.5 Å². The Bertz CT molecular complexity index is 975. The first-order chi connectivity index (χ1) is 13.0. The van der Waals surface area contributed by atoms with Gasteiger partial charge in [-0.15, -0.1) is 0 Å². The molecule has 1 amide bonds. The number of carbonyl (C=O) groups excluding carboxylic acids is 1. The van der Waals surface area contributed by atoms with Crippen molar-refractivity contribution in [2.24, 2.45) is 5.14 Å². The van der Waals surface area contributed by atoms with E-state index in [2.05, 4.69) is 0 Å². The van der Waals surface area contributed by atoms with Crippen molar-refractivity contribution in [2.45, 2.75) is 50.1 Å². The Hall–Kier alpha value is -1.65. The highest BCUT2D eigenvalue weighted by atomic mass is 32.2. The Morgan fingerprint density at radius 3 is 2.68 bits per heavy atom. The molecule has 2 aliphatic heterocycles. The fourth-order valence-electron chi connectivity index (χ4n) is 4.03. The van der Waals surface area contributed by atoms with Gasteiger partial charge in [-0.05, 0) is 49.9 Å². The van der Waals surface area contributed by atoms with Crippen LogP contribution in [-0.4, -0.2) is 64.3 Å². The van der Waals surface area contributed by atoms with Crippen LogP contribution in [0.25, 0.3) is 0 Å². The second-order valence-electron chi connectivity index (χ2n) is 7.62. The monoisotopic (exact) mass is 429 g/mol. The number of rotatable bonds is 6. The molecule has 0 spiro atoms. The van der Waals surface area contributed by atoms with Crippen LogP contribution in [0.5, 0.6) is 0 Å². The fraction of sp³-hybridized carbons (Fsp3) is 0.611.